The zero-order chi connectivity index (χ0) is 28.1. The third-order valence-corrected chi connectivity index (χ3v) is 8.37. The highest BCUT2D eigenvalue weighted by atomic mass is 16.3. The largest absolute Gasteiger partial charge is 0.507 e. The summed E-state index contributed by atoms with van der Waals surface area (Å²) in [7, 11) is 0. The van der Waals surface area contributed by atoms with Crippen molar-refractivity contribution in [1.82, 2.24) is 0 Å². The molecule has 0 radical (unpaired) electrons. The molecular formula is C38H38O2. The molecule has 0 amide bonds. The zero-order valence-corrected chi connectivity index (χ0v) is 23.7. The molecule has 5 aromatic carbocycles. The van der Waals surface area contributed by atoms with Crippen LogP contribution in [0.4, 0.5) is 0 Å². The molecule has 0 aliphatic heterocycles. The van der Waals surface area contributed by atoms with Crippen LogP contribution in [-0.2, 0) is 5.41 Å². The monoisotopic (exact) mass is 526 g/mol. The number of aryl methyl sites for hydroxylation is 1. The van der Waals surface area contributed by atoms with Gasteiger partial charge < -0.3 is 10.2 Å². The Morgan fingerprint density at radius 2 is 1.10 bits per heavy atom. The topological polar surface area (TPSA) is 40.5 Å². The summed E-state index contributed by atoms with van der Waals surface area (Å²) >= 11 is 0. The minimum atomic E-state index is -0.486. The van der Waals surface area contributed by atoms with Crippen LogP contribution >= 0.6 is 0 Å². The van der Waals surface area contributed by atoms with Crippen LogP contribution < -0.4 is 0 Å². The van der Waals surface area contributed by atoms with Crippen LogP contribution in [-0.4, -0.2) is 10.2 Å². The summed E-state index contributed by atoms with van der Waals surface area (Å²) in [5.74, 6) is 0.545. The molecular weight excluding hydrogens is 488 g/mol. The molecule has 40 heavy (non-hydrogen) atoms. The fourth-order valence-electron chi connectivity index (χ4n) is 6.06. The van der Waals surface area contributed by atoms with Gasteiger partial charge in [-0.05, 0) is 83.5 Å². The molecule has 202 valence electrons. The molecule has 5 aromatic rings. The summed E-state index contributed by atoms with van der Waals surface area (Å²) < 4.78 is 0. The van der Waals surface area contributed by atoms with Gasteiger partial charge in [-0.1, -0.05) is 117 Å². The van der Waals surface area contributed by atoms with Gasteiger partial charge in [-0.25, -0.2) is 0 Å². The van der Waals surface area contributed by atoms with Crippen LogP contribution in [0.1, 0.15) is 60.4 Å². The lowest BCUT2D eigenvalue weighted by molar-refractivity contribution is 0.473. The standard InChI is InChI=1S/C38H38O2/c1-4-5-12-24-38(35-19-13-14-27(2)28(35)3,31-20-22-36(39)33(25-31)29-15-8-6-9-16-29)32-21-23-37(40)34(26-32)30-17-10-7-11-18-30/h6-11,13-23,25-26,39-40H,4-5,12,24H2,1-3H3. The first-order valence-corrected chi connectivity index (χ1v) is 14.3. The molecule has 0 saturated heterocycles. The van der Waals surface area contributed by atoms with Crippen LogP contribution in [0.5, 0.6) is 11.5 Å². The summed E-state index contributed by atoms with van der Waals surface area (Å²) in [6, 6.07) is 39.0. The molecule has 5 rings (SSSR count). The molecule has 0 aliphatic carbocycles. The quantitative estimate of drug-likeness (QED) is 0.148. The minimum absolute atomic E-state index is 0.272. The minimum Gasteiger partial charge on any atom is -0.507 e. The maximum atomic E-state index is 11.0. The lowest BCUT2D eigenvalue weighted by Crippen LogP contribution is -2.31. The van der Waals surface area contributed by atoms with Crippen molar-refractivity contribution in [3.8, 4) is 33.8 Å². The Morgan fingerprint density at radius 3 is 1.60 bits per heavy atom. The van der Waals surface area contributed by atoms with Crippen molar-refractivity contribution in [3.05, 3.63) is 143 Å². The van der Waals surface area contributed by atoms with Gasteiger partial charge in [0, 0.05) is 16.5 Å². The first-order chi connectivity index (χ1) is 19.5. The van der Waals surface area contributed by atoms with Crippen LogP contribution in [0.3, 0.4) is 0 Å². The third kappa shape index (κ3) is 5.14. The van der Waals surface area contributed by atoms with E-state index in [0.717, 1.165) is 59.1 Å². The van der Waals surface area contributed by atoms with E-state index in [1.165, 1.54) is 16.7 Å². The number of benzene rings is 5. The maximum Gasteiger partial charge on any atom is 0.123 e. The maximum absolute atomic E-state index is 11.0. The predicted molar refractivity (Wildman–Crippen MR) is 167 cm³/mol. The van der Waals surface area contributed by atoms with E-state index in [-0.39, 0.29) is 11.5 Å². The van der Waals surface area contributed by atoms with Gasteiger partial charge in [-0.15, -0.1) is 0 Å². The Kier molecular flexibility index (Phi) is 8.07. The Balaban J connectivity index is 1.85. The molecule has 0 fully saturated rings. The van der Waals surface area contributed by atoms with E-state index in [1.807, 2.05) is 72.8 Å². The molecule has 2 N–H and O–H groups in total. The Labute approximate surface area is 238 Å². The molecule has 0 aromatic heterocycles. The van der Waals surface area contributed by atoms with Crippen molar-refractivity contribution in [2.24, 2.45) is 0 Å². The molecule has 0 spiro atoms. The van der Waals surface area contributed by atoms with E-state index in [2.05, 4.69) is 63.2 Å². The first-order valence-electron chi connectivity index (χ1n) is 14.3. The van der Waals surface area contributed by atoms with Gasteiger partial charge in [0.25, 0.3) is 0 Å². The third-order valence-electron chi connectivity index (χ3n) is 8.37. The van der Waals surface area contributed by atoms with Crippen LogP contribution in [0.25, 0.3) is 22.3 Å². The number of phenols is 2. The average molecular weight is 527 g/mol. The van der Waals surface area contributed by atoms with Crippen molar-refractivity contribution in [3.63, 3.8) is 0 Å². The van der Waals surface area contributed by atoms with Crippen molar-refractivity contribution in [1.29, 1.82) is 0 Å². The van der Waals surface area contributed by atoms with Gasteiger partial charge in [0.05, 0.1) is 0 Å². The van der Waals surface area contributed by atoms with E-state index in [4.69, 9.17) is 0 Å². The highest BCUT2D eigenvalue weighted by Gasteiger charge is 2.38. The number of unbranched alkanes of at least 4 members (excludes halogenated alkanes) is 2. The van der Waals surface area contributed by atoms with Gasteiger partial charge in [0.15, 0.2) is 0 Å². The van der Waals surface area contributed by atoms with E-state index in [0.29, 0.717) is 0 Å². The predicted octanol–water partition coefficient (Wildman–Crippen LogP) is 9.96. The highest BCUT2D eigenvalue weighted by Crippen LogP contribution is 2.49. The summed E-state index contributed by atoms with van der Waals surface area (Å²) in [4.78, 5) is 0. The van der Waals surface area contributed by atoms with Crippen LogP contribution in [0.15, 0.2) is 115 Å². The van der Waals surface area contributed by atoms with E-state index in [1.54, 1.807) is 0 Å². The van der Waals surface area contributed by atoms with Crippen molar-refractivity contribution in [2.45, 2.75) is 51.9 Å². The smallest absolute Gasteiger partial charge is 0.123 e. The summed E-state index contributed by atoms with van der Waals surface area (Å²) in [5, 5.41) is 22.0. The molecule has 0 heterocycles. The summed E-state index contributed by atoms with van der Waals surface area (Å²) in [5.41, 5.74) is 9.19. The van der Waals surface area contributed by atoms with Crippen LogP contribution in [0, 0.1) is 13.8 Å². The van der Waals surface area contributed by atoms with Gasteiger partial charge >= 0.3 is 0 Å². The molecule has 0 aliphatic rings. The lowest BCUT2D eigenvalue weighted by atomic mass is 9.64. The molecule has 0 unspecified atom stereocenters. The van der Waals surface area contributed by atoms with E-state index >= 15 is 0 Å². The van der Waals surface area contributed by atoms with Crippen molar-refractivity contribution in [2.75, 3.05) is 0 Å². The number of rotatable bonds is 9. The van der Waals surface area contributed by atoms with Gasteiger partial charge in [-0.3, -0.25) is 0 Å². The Hall–Kier alpha value is -4.30. The zero-order valence-electron chi connectivity index (χ0n) is 23.7. The fraction of sp³-hybridized carbons (Fsp3) is 0.211. The molecule has 0 saturated carbocycles. The summed E-state index contributed by atoms with van der Waals surface area (Å²) in [6.07, 6.45) is 4.20. The second-order valence-corrected chi connectivity index (χ2v) is 10.8. The number of hydrogen-bond donors (Lipinski definition) is 2. The molecule has 2 nitrogen and oxygen atoms in total. The molecule has 0 atom stereocenters. The Morgan fingerprint density at radius 1 is 0.575 bits per heavy atom. The average Bonchev–Trinajstić information content (AvgIpc) is 2.99. The second-order valence-electron chi connectivity index (χ2n) is 10.8. The van der Waals surface area contributed by atoms with Gasteiger partial charge in [-0.2, -0.15) is 0 Å². The summed E-state index contributed by atoms with van der Waals surface area (Å²) in [6.45, 7) is 6.63. The number of hydrogen-bond acceptors (Lipinski definition) is 2. The first kappa shape index (κ1) is 27.3. The van der Waals surface area contributed by atoms with E-state index < -0.39 is 5.41 Å². The number of aromatic hydroxyl groups is 2. The lowest BCUT2D eigenvalue weighted by Gasteiger charge is -2.38. The van der Waals surface area contributed by atoms with Gasteiger partial charge in [0.2, 0.25) is 0 Å². The number of phenolic OH excluding ortho intramolecular Hbond substituents is 2. The van der Waals surface area contributed by atoms with Gasteiger partial charge in [0.1, 0.15) is 11.5 Å². The van der Waals surface area contributed by atoms with Crippen LogP contribution in [0.2, 0.25) is 0 Å². The van der Waals surface area contributed by atoms with Crippen molar-refractivity contribution < 1.29 is 10.2 Å². The molecule has 0 bridgehead atoms. The SMILES string of the molecule is CCCCCC(c1ccc(O)c(-c2ccccc2)c1)(c1ccc(O)c(-c2ccccc2)c1)c1cccc(C)c1C. The van der Waals surface area contributed by atoms with Crippen molar-refractivity contribution >= 4 is 0 Å². The van der Waals surface area contributed by atoms with E-state index in [9.17, 15) is 10.2 Å². The second kappa shape index (κ2) is 11.8. The normalized spacial score (nSPS) is 11.5. The fourth-order valence-corrected chi connectivity index (χ4v) is 6.06. The molecule has 2 heteroatoms. The highest BCUT2D eigenvalue weighted by molar-refractivity contribution is 5.75. The Bertz CT molecular complexity index is 1500.